The second-order valence-corrected chi connectivity index (χ2v) is 5.65. The molecule has 1 aliphatic heterocycles. The summed E-state index contributed by atoms with van der Waals surface area (Å²) in [6.07, 6.45) is 1.73. The number of carbonyl (C=O) groups is 2. The Morgan fingerprint density at radius 2 is 2.17 bits per heavy atom. The fourth-order valence-electron chi connectivity index (χ4n) is 1.60. The first-order valence-electron chi connectivity index (χ1n) is 5.42. The lowest BCUT2D eigenvalue weighted by Gasteiger charge is -2.08. The van der Waals surface area contributed by atoms with E-state index in [0.29, 0.717) is 18.0 Å². The maximum atomic E-state index is 12.0. The molecule has 2 amide bonds. The lowest BCUT2D eigenvalue weighted by atomic mass is 10.2. The van der Waals surface area contributed by atoms with Crippen molar-refractivity contribution < 1.29 is 15.3 Å². The van der Waals surface area contributed by atoms with Crippen LogP contribution in [0.4, 0.5) is 4.79 Å². The third kappa shape index (κ3) is 2.82. The molecule has 94 valence electrons. The largest absolute Gasteiger partial charge is 0.356 e. The Hall–Kier alpha value is -1.11. The zero-order valence-corrected chi connectivity index (χ0v) is 12.0. The van der Waals surface area contributed by atoms with Crippen molar-refractivity contribution in [3.8, 4) is 0 Å². The van der Waals surface area contributed by atoms with E-state index < -0.39 is 0 Å². The molecule has 1 saturated heterocycles. The minimum Gasteiger partial charge on any atom is -0.356 e. The van der Waals surface area contributed by atoms with Gasteiger partial charge in [-0.3, -0.25) is 14.5 Å². The van der Waals surface area contributed by atoms with Crippen molar-refractivity contribution in [2.75, 3.05) is 13.1 Å². The number of carbonyl (C=O) groups excluding carboxylic acids is 2. The summed E-state index contributed by atoms with van der Waals surface area (Å²) in [5, 5.41) is -0.218. The summed E-state index contributed by atoms with van der Waals surface area (Å²) in [5.41, 5.74) is 4.55. The monoisotopic (exact) mass is 327 g/mol. The molecule has 1 aromatic rings. The summed E-state index contributed by atoms with van der Waals surface area (Å²) in [6.45, 7) is 0.905. The van der Waals surface area contributed by atoms with Crippen LogP contribution in [0.3, 0.4) is 0 Å². The van der Waals surface area contributed by atoms with E-state index in [9.17, 15) is 9.59 Å². The molecule has 0 saturated carbocycles. The van der Waals surface area contributed by atoms with Gasteiger partial charge in [-0.1, -0.05) is 28.1 Å². The van der Waals surface area contributed by atoms with Gasteiger partial charge in [0, 0.05) is 4.47 Å². The molecule has 0 bridgehead atoms. The number of rotatable bonds is 3. The molecule has 0 aliphatic carbocycles. The molecule has 0 atom stereocenters. The Bertz CT molecular complexity index is 531. The van der Waals surface area contributed by atoms with Gasteiger partial charge in [-0.2, -0.15) is 0 Å². The number of amides is 2. The highest BCUT2D eigenvalue weighted by Crippen LogP contribution is 2.32. The average Bonchev–Trinajstić information content (AvgIpc) is 2.57. The molecule has 1 fully saturated rings. The minimum absolute atomic E-state index is 0.218. The van der Waals surface area contributed by atoms with Crippen molar-refractivity contribution in [1.82, 2.24) is 4.90 Å². The van der Waals surface area contributed by atoms with E-state index in [2.05, 4.69) is 21.7 Å². The van der Waals surface area contributed by atoms with Gasteiger partial charge >= 0.3 is 0 Å². The highest BCUT2D eigenvalue weighted by molar-refractivity contribution is 9.10. The first kappa shape index (κ1) is 13.3. The highest BCUT2D eigenvalue weighted by atomic mass is 79.9. The predicted molar refractivity (Wildman–Crippen MR) is 74.6 cm³/mol. The zero-order chi connectivity index (χ0) is 13.1. The summed E-state index contributed by atoms with van der Waals surface area (Å²) in [6, 6.07) is 7.58. The normalized spacial score (nSPS) is 17.9. The van der Waals surface area contributed by atoms with Crippen LogP contribution in [0, 0.1) is 0 Å². The van der Waals surface area contributed by atoms with Crippen molar-refractivity contribution in [3.05, 3.63) is 39.2 Å². The second kappa shape index (κ2) is 5.69. The van der Waals surface area contributed by atoms with Gasteiger partial charge in [0.1, 0.15) is 0 Å². The summed E-state index contributed by atoms with van der Waals surface area (Å²) >= 11 is 4.35. The van der Waals surface area contributed by atoms with E-state index in [1.165, 1.54) is 4.90 Å². The second-order valence-electron chi connectivity index (χ2n) is 3.74. The van der Waals surface area contributed by atoms with Gasteiger partial charge in [0.25, 0.3) is 11.1 Å². The van der Waals surface area contributed by atoms with Gasteiger partial charge < -0.3 is 5.73 Å². The molecule has 1 aromatic carbocycles. The van der Waals surface area contributed by atoms with Crippen LogP contribution in [0.1, 0.15) is 5.56 Å². The Labute approximate surface area is 117 Å². The third-order valence-electron chi connectivity index (χ3n) is 2.40. The van der Waals surface area contributed by atoms with E-state index in [4.69, 9.17) is 0 Å². The maximum absolute atomic E-state index is 12.0. The van der Waals surface area contributed by atoms with E-state index in [0.717, 1.165) is 21.8 Å². The van der Waals surface area contributed by atoms with Crippen LogP contribution >= 0.6 is 27.7 Å². The molecule has 3 N–H and O–H groups in total. The summed E-state index contributed by atoms with van der Waals surface area (Å²) < 4.78 is 0.938. The number of benzene rings is 1. The van der Waals surface area contributed by atoms with Gasteiger partial charge in [-0.25, -0.2) is 0 Å². The standard InChI is InChI=1S/C12H11BrN2O2S/c13-9-3-1-2-8(6-9)7-10-11(16)15(5-4-14)12(17)18-10/h1-3,6-7H,4-5,14H2/p+1/b10-7-. The first-order chi connectivity index (χ1) is 8.61. The molecule has 2 rings (SSSR count). The number of quaternary nitrogens is 1. The number of imide groups is 1. The lowest BCUT2D eigenvalue weighted by molar-refractivity contribution is -0.367. The van der Waals surface area contributed by atoms with Crippen LogP contribution in [0.25, 0.3) is 6.08 Å². The van der Waals surface area contributed by atoms with E-state index in [1.807, 2.05) is 24.3 Å². The highest BCUT2D eigenvalue weighted by Gasteiger charge is 2.34. The summed E-state index contributed by atoms with van der Waals surface area (Å²) in [7, 11) is 0. The van der Waals surface area contributed by atoms with Crippen molar-refractivity contribution in [1.29, 1.82) is 0 Å². The van der Waals surface area contributed by atoms with Crippen LogP contribution in [-0.4, -0.2) is 29.1 Å². The summed E-state index contributed by atoms with van der Waals surface area (Å²) in [5.74, 6) is -0.228. The van der Waals surface area contributed by atoms with Crippen molar-refractivity contribution in [2.24, 2.45) is 0 Å². The third-order valence-corrected chi connectivity index (χ3v) is 3.80. The van der Waals surface area contributed by atoms with Crippen LogP contribution < -0.4 is 5.73 Å². The molecular formula is C12H12BrN2O2S+. The number of hydrogen-bond acceptors (Lipinski definition) is 3. The molecule has 0 radical (unpaired) electrons. The van der Waals surface area contributed by atoms with Crippen molar-refractivity contribution >= 4 is 44.9 Å². The van der Waals surface area contributed by atoms with Crippen molar-refractivity contribution in [2.45, 2.75) is 0 Å². The van der Waals surface area contributed by atoms with Gasteiger partial charge in [0.15, 0.2) is 0 Å². The molecule has 6 heteroatoms. The van der Waals surface area contributed by atoms with E-state index in [1.54, 1.807) is 6.08 Å². The maximum Gasteiger partial charge on any atom is 0.293 e. The lowest BCUT2D eigenvalue weighted by Crippen LogP contribution is -2.55. The van der Waals surface area contributed by atoms with E-state index in [-0.39, 0.29) is 11.1 Å². The zero-order valence-electron chi connectivity index (χ0n) is 9.56. The van der Waals surface area contributed by atoms with Crippen LogP contribution in [0.5, 0.6) is 0 Å². The van der Waals surface area contributed by atoms with Crippen LogP contribution in [0.15, 0.2) is 33.6 Å². The van der Waals surface area contributed by atoms with Crippen LogP contribution in [-0.2, 0) is 4.79 Å². The topological polar surface area (TPSA) is 65.0 Å². The van der Waals surface area contributed by atoms with Gasteiger partial charge in [-0.15, -0.1) is 0 Å². The van der Waals surface area contributed by atoms with Gasteiger partial charge in [0.2, 0.25) is 0 Å². The van der Waals surface area contributed by atoms with E-state index >= 15 is 0 Å². The fourth-order valence-corrected chi connectivity index (χ4v) is 2.88. The Morgan fingerprint density at radius 3 is 2.83 bits per heavy atom. The number of thioether (sulfide) groups is 1. The molecule has 18 heavy (non-hydrogen) atoms. The number of nitrogens with zero attached hydrogens (tertiary/aromatic N) is 1. The Balaban J connectivity index is 2.25. The molecule has 0 unspecified atom stereocenters. The first-order valence-corrected chi connectivity index (χ1v) is 7.03. The predicted octanol–water partition coefficient (Wildman–Crippen LogP) is 1.73. The number of hydrogen-bond donors (Lipinski definition) is 1. The quantitative estimate of drug-likeness (QED) is 0.860. The molecule has 1 aliphatic rings. The summed E-state index contributed by atoms with van der Waals surface area (Å²) in [4.78, 5) is 25.3. The van der Waals surface area contributed by atoms with Gasteiger partial charge in [-0.05, 0) is 35.5 Å². The minimum atomic E-state index is -0.228. The smallest absolute Gasteiger partial charge is 0.293 e. The SMILES string of the molecule is [NH3+]CCN1C(=O)S/C(=C\c2cccc(Br)c2)C1=O. The molecular weight excluding hydrogens is 316 g/mol. The molecule has 0 aromatic heterocycles. The molecule has 0 spiro atoms. The number of halogens is 1. The van der Waals surface area contributed by atoms with Crippen molar-refractivity contribution in [3.63, 3.8) is 0 Å². The van der Waals surface area contributed by atoms with Crippen LogP contribution in [0.2, 0.25) is 0 Å². The molecule has 1 heterocycles. The van der Waals surface area contributed by atoms with Gasteiger partial charge in [0.05, 0.1) is 18.0 Å². The Kier molecular flexibility index (Phi) is 4.21. The average molecular weight is 328 g/mol. The fraction of sp³-hybridized carbons (Fsp3) is 0.167. The Morgan fingerprint density at radius 1 is 1.39 bits per heavy atom. The molecule has 4 nitrogen and oxygen atoms in total.